The van der Waals surface area contributed by atoms with Crippen LogP contribution in [0, 0.1) is 5.92 Å². The molecule has 19 heavy (non-hydrogen) atoms. The van der Waals surface area contributed by atoms with Gasteiger partial charge in [0.2, 0.25) is 11.8 Å². The van der Waals surface area contributed by atoms with E-state index in [9.17, 15) is 9.59 Å². The zero-order valence-electron chi connectivity index (χ0n) is 12.1. The molecule has 2 fully saturated rings. The van der Waals surface area contributed by atoms with E-state index in [1.165, 1.54) is 6.42 Å². The molecule has 1 aliphatic carbocycles. The van der Waals surface area contributed by atoms with Gasteiger partial charge in [0.05, 0.1) is 5.92 Å². The number of carbonyl (C=O) groups excluding carboxylic acids is 2. The second-order valence-electron chi connectivity index (χ2n) is 5.67. The summed E-state index contributed by atoms with van der Waals surface area (Å²) in [5.41, 5.74) is 0. The molecule has 3 unspecified atom stereocenters. The summed E-state index contributed by atoms with van der Waals surface area (Å²) in [7, 11) is 3.69. The van der Waals surface area contributed by atoms with Crippen molar-refractivity contribution in [2.45, 2.75) is 43.9 Å². The van der Waals surface area contributed by atoms with Crippen molar-refractivity contribution >= 4 is 23.6 Å². The van der Waals surface area contributed by atoms with Crippen LogP contribution >= 0.6 is 11.8 Å². The maximum absolute atomic E-state index is 12.4. The van der Waals surface area contributed by atoms with Crippen molar-refractivity contribution in [2.24, 2.45) is 5.92 Å². The first kappa shape index (κ1) is 14.7. The lowest BCUT2D eigenvalue weighted by Gasteiger charge is -2.27. The minimum atomic E-state index is -0.125. The highest BCUT2D eigenvalue weighted by Gasteiger charge is 2.37. The van der Waals surface area contributed by atoms with Crippen molar-refractivity contribution in [3.05, 3.63) is 0 Å². The highest BCUT2D eigenvalue weighted by atomic mass is 32.2. The Balaban J connectivity index is 1.88. The van der Waals surface area contributed by atoms with Gasteiger partial charge >= 0.3 is 0 Å². The van der Waals surface area contributed by atoms with E-state index in [-0.39, 0.29) is 17.7 Å². The molecule has 1 aliphatic heterocycles. The molecule has 1 saturated carbocycles. The molecule has 0 aromatic heterocycles. The molecule has 2 amide bonds. The van der Waals surface area contributed by atoms with Gasteiger partial charge in [-0.1, -0.05) is 6.92 Å². The number of likely N-dealkylation sites (tertiary alicyclic amines) is 1. The van der Waals surface area contributed by atoms with Crippen LogP contribution in [0.25, 0.3) is 0 Å². The molecule has 1 saturated heterocycles. The van der Waals surface area contributed by atoms with Gasteiger partial charge in [-0.05, 0) is 25.0 Å². The molecule has 3 atom stereocenters. The minimum absolute atomic E-state index is 0.0950. The summed E-state index contributed by atoms with van der Waals surface area (Å²) < 4.78 is 0. The van der Waals surface area contributed by atoms with E-state index in [1.807, 2.05) is 23.7 Å². The molecule has 0 spiro atoms. The second-order valence-corrected chi connectivity index (χ2v) is 7.25. The van der Waals surface area contributed by atoms with Gasteiger partial charge in [0.1, 0.15) is 0 Å². The molecule has 0 N–H and O–H groups in total. The Kier molecular flexibility index (Phi) is 4.76. The maximum Gasteiger partial charge on any atom is 0.227 e. The largest absolute Gasteiger partial charge is 0.345 e. The number of hydrogen-bond donors (Lipinski definition) is 0. The van der Waals surface area contributed by atoms with Crippen molar-refractivity contribution in [1.82, 2.24) is 9.80 Å². The molecule has 4 nitrogen and oxygen atoms in total. The summed E-state index contributed by atoms with van der Waals surface area (Å²) in [4.78, 5) is 27.5. The molecular weight excluding hydrogens is 260 g/mol. The Bertz CT molecular complexity index is 361. The smallest absolute Gasteiger partial charge is 0.227 e. The van der Waals surface area contributed by atoms with E-state index in [0.29, 0.717) is 24.3 Å². The van der Waals surface area contributed by atoms with Crippen LogP contribution in [-0.2, 0) is 9.59 Å². The lowest BCUT2D eigenvalue weighted by Crippen LogP contribution is -2.40. The first-order chi connectivity index (χ1) is 9.02. The second kappa shape index (κ2) is 6.16. The number of hydrogen-bond acceptors (Lipinski definition) is 3. The van der Waals surface area contributed by atoms with Crippen LogP contribution in [0.15, 0.2) is 0 Å². The topological polar surface area (TPSA) is 40.6 Å². The average Bonchev–Trinajstić information content (AvgIpc) is 2.96. The molecule has 1 heterocycles. The molecule has 0 radical (unpaired) electrons. The first-order valence-electron chi connectivity index (χ1n) is 7.15. The quantitative estimate of drug-likeness (QED) is 0.787. The summed E-state index contributed by atoms with van der Waals surface area (Å²) in [6, 6.07) is 0.373. The molecule has 2 aliphatic rings. The average molecular weight is 284 g/mol. The van der Waals surface area contributed by atoms with Gasteiger partial charge in [0, 0.05) is 38.4 Å². The highest BCUT2D eigenvalue weighted by Crippen LogP contribution is 2.33. The predicted octanol–water partition coefficient (Wildman–Crippen LogP) is 1.60. The third kappa shape index (κ3) is 3.25. The lowest BCUT2D eigenvalue weighted by molar-refractivity contribution is -0.136. The Morgan fingerprint density at radius 2 is 2.21 bits per heavy atom. The lowest BCUT2D eigenvalue weighted by atomic mass is 10.1. The van der Waals surface area contributed by atoms with Crippen molar-refractivity contribution in [3.63, 3.8) is 0 Å². The van der Waals surface area contributed by atoms with Gasteiger partial charge in [-0.15, -0.1) is 0 Å². The van der Waals surface area contributed by atoms with Crippen LogP contribution in [0.4, 0.5) is 0 Å². The molecule has 5 heteroatoms. The molecule has 0 aromatic carbocycles. The molecule has 108 valence electrons. The third-order valence-corrected chi connectivity index (χ3v) is 5.58. The fourth-order valence-electron chi connectivity index (χ4n) is 3.15. The highest BCUT2D eigenvalue weighted by molar-refractivity contribution is 7.99. The Hall–Kier alpha value is -0.710. The summed E-state index contributed by atoms with van der Waals surface area (Å²) >= 11 is 2.00. The van der Waals surface area contributed by atoms with Gasteiger partial charge in [0.15, 0.2) is 0 Å². The van der Waals surface area contributed by atoms with Crippen LogP contribution in [0.2, 0.25) is 0 Å². The molecular formula is C14H24N2O2S. The number of rotatable bonds is 4. The molecule has 0 aromatic rings. The van der Waals surface area contributed by atoms with E-state index in [0.717, 1.165) is 18.6 Å². The fourth-order valence-corrected chi connectivity index (χ4v) is 4.29. The van der Waals surface area contributed by atoms with Gasteiger partial charge in [-0.2, -0.15) is 11.8 Å². The molecule has 0 bridgehead atoms. The van der Waals surface area contributed by atoms with Crippen LogP contribution in [0.3, 0.4) is 0 Å². The van der Waals surface area contributed by atoms with Crippen molar-refractivity contribution in [3.8, 4) is 0 Å². The van der Waals surface area contributed by atoms with Gasteiger partial charge in [-0.25, -0.2) is 0 Å². The summed E-state index contributed by atoms with van der Waals surface area (Å²) in [5, 5.41) is 0.707. The summed E-state index contributed by atoms with van der Waals surface area (Å²) in [6.07, 6.45) is 3.82. The van der Waals surface area contributed by atoms with Crippen LogP contribution in [-0.4, -0.2) is 59.3 Å². The van der Waals surface area contributed by atoms with E-state index >= 15 is 0 Å². The number of carbonyl (C=O) groups is 2. The van der Waals surface area contributed by atoms with E-state index in [2.05, 4.69) is 6.92 Å². The normalized spacial score (nSPS) is 31.0. The number of nitrogens with zero attached hydrogens (tertiary/aromatic N) is 2. The summed E-state index contributed by atoms with van der Waals surface area (Å²) in [6.45, 7) is 2.77. The van der Waals surface area contributed by atoms with E-state index in [1.54, 1.807) is 11.9 Å². The first-order valence-corrected chi connectivity index (χ1v) is 8.20. The monoisotopic (exact) mass is 284 g/mol. The zero-order valence-corrected chi connectivity index (χ0v) is 12.9. The fraction of sp³-hybridized carbons (Fsp3) is 0.857. The zero-order chi connectivity index (χ0) is 14.0. The number of thioether (sulfide) groups is 1. The van der Waals surface area contributed by atoms with Crippen LogP contribution in [0.5, 0.6) is 0 Å². The van der Waals surface area contributed by atoms with Crippen molar-refractivity contribution < 1.29 is 9.59 Å². The van der Waals surface area contributed by atoms with Gasteiger partial charge in [0.25, 0.3) is 0 Å². The standard InChI is InChI=1S/C14H24N2O2S/c1-4-19-12-6-5-11(8-12)16(3)14(18)10-7-13(17)15(2)9-10/h10-12H,4-9H2,1-3H3. The SMILES string of the molecule is CCSC1CCC(N(C)C(=O)C2CC(=O)N(C)C2)C1. The predicted molar refractivity (Wildman–Crippen MR) is 78.1 cm³/mol. The van der Waals surface area contributed by atoms with Gasteiger partial charge < -0.3 is 9.80 Å². The van der Waals surface area contributed by atoms with Gasteiger partial charge in [-0.3, -0.25) is 9.59 Å². The maximum atomic E-state index is 12.4. The Labute approximate surface area is 119 Å². The minimum Gasteiger partial charge on any atom is -0.345 e. The van der Waals surface area contributed by atoms with Crippen molar-refractivity contribution in [1.29, 1.82) is 0 Å². The third-order valence-electron chi connectivity index (χ3n) is 4.34. The van der Waals surface area contributed by atoms with E-state index < -0.39 is 0 Å². The Morgan fingerprint density at radius 1 is 1.47 bits per heavy atom. The van der Waals surface area contributed by atoms with Crippen LogP contribution in [0.1, 0.15) is 32.6 Å². The van der Waals surface area contributed by atoms with Crippen LogP contribution < -0.4 is 0 Å². The Morgan fingerprint density at radius 3 is 2.79 bits per heavy atom. The summed E-state index contributed by atoms with van der Waals surface area (Å²) in [5.74, 6) is 1.28. The van der Waals surface area contributed by atoms with Crippen molar-refractivity contribution in [2.75, 3.05) is 26.4 Å². The number of amides is 2. The molecule has 2 rings (SSSR count). The van der Waals surface area contributed by atoms with E-state index in [4.69, 9.17) is 0 Å².